The minimum Gasteiger partial charge on any atom is -0.347 e. The fourth-order valence-corrected chi connectivity index (χ4v) is 5.39. The summed E-state index contributed by atoms with van der Waals surface area (Å²) in [4.78, 5) is 14.3. The van der Waals surface area contributed by atoms with Crippen molar-refractivity contribution < 1.29 is 13.2 Å². The molecule has 2 aromatic heterocycles. The van der Waals surface area contributed by atoms with Gasteiger partial charge in [0.2, 0.25) is 10.0 Å². The van der Waals surface area contributed by atoms with E-state index in [2.05, 4.69) is 26.0 Å². The van der Waals surface area contributed by atoms with Crippen molar-refractivity contribution in [2.75, 3.05) is 0 Å². The summed E-state index contributed by atoms with van der Waals surface area (Å²) in [6.07, 6.45) is 0. The number of nitrogens with one attached hydrogen (secondary N) is 2. The van der Waals surface area contributed by atoms with E-state index in [1.54, 1.807) is 12.1 Å². The van der Waals surface area contributed by atoms with E-state index in [-0.39, 0.29) is 17.3 Å². The van der Waals surface area contributed by atoms with Gasteiger partial charge in [0.05, 0.1) is 15.2 Å². The smallest absolute Gasteiger partial charge is 0.251 e. The number of hydrogen-bond donors (Lipinski definition) is 2. The Bertz CT molecular complexity index is 998. The third-order valence-electron chi connectivity index (χ3n) is 3.48. The quantitative estimate of drug-likeness (QED) is 0.548. The summed E-state index contributed by atoms with van der Waals surface area (Å²) in [7, 11) is -3.68. The molecule has 0 radical (unpaired) electrons. The Morgan fingerprint density at radius 1 is 1.04 bits per heavy atom. The Labute approximate surface area is 168 Å². The fraction of sp³-hybridized carbons (Fsp3) is 0.118. The first kappa shape index (κ1) is 19.2. The summed E-state index contributed by atoms with van der Waals surface area (Å²) in [5, 5.41) is 4.69. The highest BCUT2D eigenvalue weighted by atomic mass is 79.9. The molecule has 3 aromatic rings. The minimum atomic E-state index is -3.68. The van der Waals surface area contributed by atoms with E-state index in [0.717, 1.165) is 13.5 Å². The van der Waals surface area contributed by atoms with Crippen LogP contribution in [0.15, 0.2) is 62.6 Å². The molecule has 0 saturated heterocycles. The summed E-state index contributed by atoms with van der Waals surface area (Å²) in [5.74, 6) is -0.315. The van der Waals surface area contributed by atoms with Crippen LogP contribution < -0.4 is 10.0 Å². The maximum atomic E-state index is 12.4. The Morgan fingerprint density at radius 2 is 1.88 bits per heavy atom. The lowest BCUT2D eigenvalue weighted by molar-refractivity contribution is 0.0951. The third kappa shape index (κ3) is 5.01. The minimum absolute atomic E-state index is 0.0700. The van der Waals surface area contributed by atoms with Gasteiger partial charge in [0, 0.05) is 21.9 Å². The molecule has 5 nitrogen and oxygen atoms in total. The molecule has 0 bridgehead atoms. The first-order valence-corrected chi connectivity index (χ1v) is 11.6. The number of benzene rings is 1. The normalized spacial score (nSPS) is 11.4. The van der Waals surface area contributed by atoms with Crippen LogP contribution >= 0.6 is 38.6 Å². The first-order valence-electron chi connectivity index (χ1n) is 7.58. The van der Waals surface area contributed by atoms with Crippen molar-refractivity contribution >= 4 is 54.5 Å². The molecule has 0 aliphatic rings. The van der Waals surface area contributed by atoms with E-state index >= 15 is 0 Å². The lowest BCUT2D eigenvalue weighted by Gasteiger charge is -2.08. The second kappa shape index (κ2) is 8.45. The summed E-state index contributed by atoms with van der Waals surface area (Å²) in [6, 6.07) is 13.6. The number of hydrogen-bond acceptors (Lipinski definition) is 5. The second-order valence-electron chi connectivity index (χ2n) is 5.32. The summed E-state index contributed by atoms with van der Waals surface area (Å²) in [6.45, 7) is 0.617. The van der Waals surface area contributed by atoms with Crippen LogP contribution in [0.1, 0.15) is 20.1 Å². The predicted octanol–water partition coefficient (Wildman–Crippen LogP) is 3.98. The lowest BCUT2D eigenvalue weighted by Crippen LogP contribution is -2.25. The van der Waals surface area contributed by atoms with Gasteiger partial charge in [-0.1, -0.05) is 12.1 Å². The maximum absolute atomic E-state index is 12.4. The van der Waals surface area contributed by atoms with Crippen LogP contribution in [0, 0.1) is 0 Å². The molecule has 0 spiro atoms. The Balaban J connectivity index is 1.67. The van der Waals surface area contributed by atoms with Crippen molar-refractivity contribution in [1.82, 2.24) is 10.0 Å². The van der Waals surface area contributed by atoms with E-state index < -0.39 is 10.0 Å². The number of thiophene rings is 2. The average Bonchev–Trinajstić information content (AvgIpc) is 3.29. The van der Waals surface area contributed by atoms with Gasteiger partial charge in [-0.15, -0.1) is 22.7 Å². The number of rotatable bonds is 7. The van der Waals surface area contributed by atoms with Gasteiger partial charge in [-0.3, -0.25) is 4.79 Å². The Kier molecular flexibility index (Phi) is 6.25. The van der Waals surface area contributed by atoms with Crippen molar-refractivity contribution in [3.05, 3.63) is 73.0 Å². The van der Waals surface area contributed by atoms with Crippen LogP contribution in [0.3, 0.4) is 0 Å². The molecule has 0 aliphatic heterocycles. The highest BCUT2D eigenvalue weighted by Crippen LogP contribution is 2.22. The van der Waals surface area contributed by atoms with E-state index in [9.17, 15) is 13.2 Å². The standard InChI is InChI=1S/C17H15BrN2O3S3/c18-16-7-6-14(25-16)10-19-17(21)12-3-1-5-15(9-12)26(22,23)20-11-13-4-2-8-24-13/h1-9,20H,10-11H2,(H,19,21). The Morgan fingerprint density at radius 3 is 2.58 bits per heavy atom. The number of carbonyl (C=O) groups is 1. The van der Waals surface area contributed by atoms with E-state index in [0.29, 0.717) is 12.1 Å². The number of amides is 1. The molecule has 136 valence electrons. The first-order chi connectivity index (χ1) is 12.4. The fourth-order valence-electron chi connectivity index (χ4n) is 2.18. The molecule has 1 aromatic carbocycles. The van der Waals surface area contributed by atoms with Crippen molar-refractivity contribution in [2.24, 2.45) is 0 Å². The van der Waals surface area contributed by atoms with Gasteiger partial charge in [0.25, 0.3) is 5.91 Å². The SMILES string of the molecule is O=C(NCc1ccc(Br)s1)c1cccc(S(=O)(=O)NCc2cccs2)c1. The molecule has 2 N–H and O–H groups in total. The molecule has 0 fully saturated rings. The van der Waals surface area contributed by atoms with Gasteiger partial charge in [-0.05, 0) is 57.7 Å². The van der Waals surface area contributed by atoms with Crippen LogP contribution in [0.2, 0.25) is 0 Å². The summed E-state index contributed by atoms with van der Waals surface area (Å²) in [5.41, 5.74) is 0.305. The van der Waals surface area contributed by atoms with Crippen LogP contribution in [-0.4, -0.2) is 14.3 Å². The van der Waals surface area contributed by atoms with Crippen molar-refractivity contribution in [3.8, 4) is 0 Å². The molecule has 0 unspecified atom stereocenters. The second-order valence-corrected chi connectivity index (χ2v) is 10.7. The molecule has 2 heterocycles. The molecule has 0 atom stereocenters. The van der Waals surface area contributed by atoms with E-state index in [1.807, 2.05) is 29.6 Å². The van der Waals surface area contributed by atoms with E-state index in [1.165, 1.54) is 34.8 Å². The highest BCUT2D eigenvalue weighted by molar-refractivity contribution is 9.11. The van der Waals surface area contributed by atoms with Crippen LogP contribution in [-0.2, 0) is 23.1 Å². The van der Waals surface area contributed by atoms with Gasteiger partial charge in [-0.2, -0.15) is 0 Å². The Hall–Kier alpha value is -1.52. The molecular weight excluding hydrogens is 456 g/mol. The summed E-state index contributed by atoms with van der Waals surface area (Å²) < 4.78 is 28.4. The molecule has 0 aliphatic carbocycles. The largest absolute Gasteiger partial charge is 0.347 e. The lowest BCUT2D eigenvalue weighted by atomic mass is 10.2. The molecule has 9 heteroatoms. The van der Waals surface area contributed by atoms with Crippen molar-refractivity contribution in [2.45, 2.75) is 18.0 Å². The van der Waals surface area contributed by atoms with Crippen LogP contribution in [0.25, 0.3) is 0 Å². The third-order valence-corrected chi connectivity index (χ3v) is 7.37. The van der Waals surface area contributed by atoms with E-state index in [4.69, 9.17) is 0 Å². The zero-order valence-electron chi connectivity index (χ0n) is 13.4. The molecular formula is C17H15BrN2O3S3. The topological polar surface area (TPSA) is 75.3 Å². The molecule has 26 heavy (non-hydrogen) atoms. The van der Waals surface area contributed by atoms with Crippen molar-refractivity contribution in [1.29, 1.82) is 0 Å². The number of halogens is 1. The zero-order chi connectivity index (χ0) is 18.6. The van der Waals surface area contributed by atoms with Gasteiger partial charge in [-0.25, -0.2) is 13.1 Å². The van der Waals surface area contributed by atoms with Crippen molar-refractivity contribution in [3.63, 3.8) is 0 Å². The predicted molar refractivity (Wildman–Crippen MR) is 108 cm³/mol. The summed E-state index contributed by atoms with van der Waals surface area (Å²) >= 11 is 6.39. The van der Waals surface area contributed by atoms with Gasteiger partial charge < -0.3 is 5.32 Å². The average molecular weight is 471 g/mol. The van der Waals surface area contributed by atoms with Gasteiger partial charge in [0.1, 0.15) is 0 Å². The molecule has 0 saturated carbocycles. The van der Waals surface area contributed by atoms with Crippen LogP contribution in [0.4, 0.5) is 0 Å². The highest BCUT2D eigenvalue weighted by Gasteiger charge is 2.16. The van der Waals surface area contributed by atoms with Gasteiger partial charge in [0.15, 0.2) is 0 Å². The number of sulfonamides is 1. The van der Waals surface area contributed by atoms with Crippen LogP contribution in [0.5, 0.6) is 0 Å². The monoisotopic (exact) mass is 470 g/mol. The molecule has 3 rings (SSSR count). The van der Waals surface area contributed by atoms with Gasteiger partial charge >= 0.3 is 0 Å². The maximum Gasteiger partial charge on any atom is 0.251 e. The zero-order valence-corrected chi connectivity index (χ0v) is 17.5. The molecule has 1 amide bonds. The number of carbonyl (C=O) groups excluding carboxylic acids is 1.